The van der Waals surface area contributed by atoms with Crippen molar-refractivity contribution in [3.8, 4) is 0 Å². The van der Waals surface area contributed by atoms with Crippen LogP contribution in [0, 0.1) is 5.41 Å². The van der Waals surface area contributed by atoms with Crippen molar-refractivity contribution in [3.63, 3.8) is 0 Å². The first kappa shape index (κ1) is 14.3. The Balaban J connectivity index is 2.16. The van der Waals surface area contributed by atoms with Crippen molar-refractivity contribution in [2.24, 2.45) is 5.41 Å². The van der Waals surface area contributed by atoms with E-state index in [1.807, 2.05) is 0 Å². The number of anilines is 1. The van der Waals surface area contributed by atoms with E-state index in [9.17, 15) is 8.42 Å². The summed E-state index contributed by atoms with van der Waals surface area (Å²) in [6.07, 6.45) is 5.32. The van der Waals surface area contributed by atoms with Gasteiger partial charge in [-0.2, -0.15) is 9.40 Å². The molecule has 0 spiro atoms. The van der Waals surface area contributed by atoms with E-state index >= 15 is 0 Å². The molecule has 0 aliphatic carbocycles. The van der Waals surface area contributed by atoms with Crippen LogP contribution in [0.15, 0.2) is 11.1 Å². The zero-order chi connectivity index (χ0) is 14.1. The Morgan fingerprint density at radius 1 is 1.37 bits per heavy atom. The van der Waals surface area contributed by atoms with E-state index in [-0.39, 0.29) is 10.7 Å². The van der Waals surface area contributed by atoms with Gasteiger partial charge in [-0.05, 0) is 18.3 Å². The highest BCUT2D eigenvalue weighted by Crippen LogP contribution is 2.39. The SMILES string of the molecule is CCC1(CC)CCN(S(=O)(=O)c2cn[nH]c2N)CC1. The normalized spacial score (nSPS) is 20.5. The Morgan fingerprint density at radius 3 is 2.37 bits per heavy atom. The van der Waals surface area contributed by atoms with Gasteiger partial charge in [-0.15, -0.1) is 0 Å². The molecule has 108 valence electrons. The fourth-order valence-electron chi connectivity index (χ4n) is 2.79. The van der Waals surface area contributed by atoms with Gasteiger partial charge in [0.25, 0.3) is 0 Å². The second-order valence-corrected chi connectivity index (χ2v) is 7.17. The number of hydrogen-bond acceptors (Lipinski definition) is 4. The summed E-state index contributed by atoms with van der Waals surface area (Å²) in [5, 5.41) is 6.16. The van der Waals surface area contributed by atoms with E-state index in [1.54, 1.807) is 0 Å². The zero-order valence-electron chi connectivity index (χ0n) is 11.5. The highest BCUT2D eigenvalue weighted by molar-refractivity contribution is 7.89. The lowest BCUT2D eigenvalue weighted by Gasteiger charge is -2.40. The summed E-state index contributed by atoms with van der Waals surface area (Å²) in [6, 6.07) is 0. The minimum atomic E-state index is -3.50. The number of nitrogens with one attached hydrogen (secondary N) is 1. The van der Waals surface area contributed by atoms with Crippen LogP contribution in [-0.4, -0.2) is 36.0 Å². The summed E-state index contributed by atoms with van der Waals surface area (Å²) in [4.78, 5) is 0.0907. The summed E-state index contributed by atoms with van der Waals surface area (Å²) in [5.41, 5.74) is 5.91. The van der Waals surface area contributed by atoms with Gasteiger partial charge in [0.1, 0.15) is 10.7 Å². The fraction of sp³-hybridized carbons (Fsp3) is 0.750. The molecule has 0 unspecified atom stereocenters. The third-order valence-electron chi connectivity index (χ3n) is 4.53. The molecule has 2 heterocycles. The lowest BCUT2D eigenvalue weighted by molar-refractivity contribution is 0.141. The van der Waals surface area contributed by atoms with E-state index in [2.05, 4.69) is 24.0 Å². The third kappa shape index (κ3) is 2.49. The number of aromatic nitrogens is 2. The van der Waals surface area contributed by atoms with Crippen LogP contribution in [0.5, 0.6) is 0 Å². The lowest BCUT2D eigenvalue weighted by atomic mass is 9.75. The van der Waals surface area contributed by atoms with E-state index in [0.717, 1.165) is 25.7 Å². The molecule has 2 rings (SSSR count). The monoisotopic (exact) mass is 286 g/mol. The van der Waals surface area contributed by atoms with Crippen LogP contribution in [0.1, 0.15) is 39.5 Å². The molecule has 1 aliphatic heterocycles. The van der Waals surface area contributed by atoms with Gasteiger partial charge < -0.3 is 5.73 Å². The van der Waals surface area contributed by atoms with Gasteiger partial charge in [-0.1, -0.05) is 26.7 Å². The van der Waals surface area contributed by atoms with Crippen LogP contribution in [0.3, 0.4) is 0 Å². The van der Waals surface area contributed by atoms with E-state index in [4.69, 9.17) is 5.73 Å². The van der Waals surface area contributed by atoms with Crippen LogP contribution in [0.25, 0.3) is 0 Å². The average Bonchev–Trinajstić information content (AvgIpc) is 2.86. The Labute approximate surface area is 114 Å². The number of nitrogens with zero attached hydrogens (tertiary/aromatic N) is 2. The van der Waals surface area contributed by atoms with Crippen LogP contribution >= 0.6 is 0 Å². The number of nitrogen functional groups attached to an aromatic ring is 1. The third-order valence-corrected chi connectivity index (χ3v) is 6.46. The van der Waals surface area contributed by atoms with E-state index in [0.29, 0.717) is 18.5 Å². The highest BCUT2D eigenvalue weighted by atomic mass is 32.2. The molecule has 1 aliphatic rings. The van der Waals surface area contributed by atoms with Gasteiger partial charge in [0.15, 0.2) is 0 Å². The largest absolute Gasteiger partial charge is 0.383 e. The molecule has 0 saturated carbocycles. The van der Waals surface area contributed by atoms with Crippen molar-refractivity contribution in [3.05, 3.63) is 6.20 Å². The molecular weight excluding hydrogens is 264 g/mol. The predicted molar refractivity (Wildman–Crippen MR) is 74.0 cm³/mol. The molecule has 1 saturated heterocycles. The number of aromatic amines is 1. The molecule has 0 bridgehead atoms. The number of H-pyrrole nitrogens is 1. The Hall–Kier alpha value is -1.08. The second kappa shape index (κ2) is 5.13. The van der Waals surface area contributed by atoms with Gasteiger partial charge in [0, 0.05) is 13.1 Å². The highest BCUT2D eigenvalue weighted by Gasteiger charge is 2.37. The zero-order valence-corrected chi connectivity index (χ0v) is 12.3. The van der Waals surface area contributed by atoms with Gasteiger partial charge in [-0.3, -0.25) is 5.10 Å². The van der Waals surface area contributed by atoms with Gasteiger partial charge in [0.2, 0.25) is 10.0 Å². The molecule has 7 heteroatoms. The standard InChI is InChI=1S/C12H22N4O2S/c1-3-12(4-2)5-7-16(8-6-12)19(17,18)10-9-14-15-11(10)13/h9H,3-8H2,1-2H3,(H3,13,14,15). The topological polar surface area (TPSA) is 92.1 Å². The number of rotatable bonds is 4. The lowest BCUT2D eigenvalue weighted by Crippen LogP contribution is -2.42. The first-order chi connectivity index (χ1) is 8.95. The maximum absolute atomic E-state index is 12.4. The fourth-order valence-corrected chi connectivity index (χ4v) is 4.24. The quantitative estimate of drug-likeness (QED) is 0.879. The number of nitrogens with two attached hydrogens (primary N) is 1. The van der Waals surface area contributed by atoms with Crippen molar-refractivity contribution in [2.75, 3.05) is 18.8 Å². The van der Waals surface area contributed by atoms with Crippen LogP contribution in [0.2, 0.25) is 0 Å². The first-order valence-electron chi connectivity index (χ1n) is 6.74. The van der Waals surface area contributed by atoms with Crippen molar-refractivity contribution in [2.45, 2.75) is 44.4 Å². The summed E-state index contributed by atoms with van der Waals surface area (Å²) in [6.45, 7) is 5.49. The second-order valence-electron chi connectivity index (χ2n) is 5.26. The molecular formula is C12H22N4O2S. The molecule has 0 amide bonds. The molecule has 19 heavy (non-hydrogen) atoms. The first-order valence-corrected chi connectivity index (χ1v) is 8.18. The number of piperidine rings is 1. The predicted octanol–water partition coefficient (Wildman–Crippen LogP) is 1.58. The summed E-state index contributed by atoms with van der Waals surface area (Å²) in [5.74, 6) is 0.114. The molecule has 6 nitrogen and oxygen atoms in total. The smallest absolute Gasteiger partial charge is 0.248 e. The van der Waals surface area contributed by atoms with E-state index < -0.39 is 10.0 Å². The summed E-state index contributed by atoms with van der Waals surface area (Å²) < 4.78 is 26.4. The van der Waals surface area contributed by atoms with Gasteiger partial charge >= 0.3 is 0 Å². The number of sulfonamides is 1. The van der Waals surface area contributed by atoms with Crippen molar-refractivity contribution in [1.29, 1.82) is 0 Å². The Kier molecular flexibility index (Phi) is 3.87. The van der Waals surface area contributed by atoms with Crippen molar-refractivity contribution < 1.29 is 8.42 Å². The molecule has 0 radical (unpaired) electrons. The van der Waals surface area contributed by atoms with Gasteiger partial charge in [0.05, 0.1) is 6.20 Å². The van der Waals surface area contributed by atoms with Gasteiger partial charge in [-0.25, -0.2) is 8.42 Å². The van der Waals surface area contributed by atoms with Crippen molar-refractivity contribution >= 4 is 15.8 Å². The van der Waals surface area contributed by atoms with Crippen LogP contribution in [0.4, 0.5) is 5.82 Å². The summed E-state index contributed by atoms with van der Waals surface area (Å²) >= 11 is 0. The maximum Gasteiger partial charge on any atom is 0.248 e. The van der Waals surface area contributed by atoms with Crippen LogP contribution < -0.4 is 5.73 Å². The number of hydrogen-bond donors (Lipinski definition) is 2. The average molecular weight is 286 g/mol. The molecule has 0 aromatic carbocycles. The molecule has 1 aromatic heterocycles. The Bertz CT molecular complexity index is 524. The Morgan fingerprint density at radius 2 is 1.95 bits per heavy atom. The molecule has 1 fully saturated rings. The van der Waals surface area contributed by atoms with Crippen LogP contribution in [-0.2, 0) is 10.0 Å². The molecule has 3 N–H and O–H groups in total. The minimum absolute atomic E-state index is 0.0907. The van der Waals surface area contributed by atoms with Crippen molar-refractivity contribution in [1.82, 2.24) is 14.5 Å². The maximum atomic E-state index is 12.4. The summed E-state index contributed by atoms with van der Waals surface area (Å²) in [7, 11) is -3.50. The molecule has 1 aromatic rings. The molecule has 0 atom stereocenters. The van der Waals surface area contributed by atoms with E-state index in [1.165, 1.54) is 10.5 Å². The minimum Gasteiger partial charge on any atom is -0.383 e.